The summed E-state index contributed by atoms with van der Waals surface area (Å²) in [7, 11) is 1.92. The minimum Gasteiger partial charge on any atom is -0.444 e. The molecule has 4 rings (SSSR count). The molecule has 182 valence electrons. The quantitative estimate of drug-likeness (QED) is 0.314. The number of hydrogen-bond acceptors (Lipinski definition) is 4. The molecule has 1 aromatic carbocycles. The van der Waals surface area contributed by atoms with Gasteiger partial charge in [-0.2, -0.15) is 0 Å². The summed E-state index contributed by atoms with van der Waals surface area (Å²) in [6, 6.07) is 10.9. The Bertz CT molecular complexity index is 849. The van der Waals surface area contributed by atoms with Crippen LogP contribution in [0, 0.1) is 25.7 Å². The molecule has 2 saturated heterocycles. The second-order valence-electron chi connectivity index (χ2n) is 9.52. The van der Waals surface area contributed by atoms with Crippen LogP contribution in [0.1, 0.15) is 48.6 Å². The summed E-state index contributed by atoms with van der Waals surface area (Å²) in [4.78, 5) is 14.0. The van der Waals surface area contributed by atoms with Crippen LogP contribution in [0.15, 0.2) is 39.7 Å². The zero-order chi connectivity index (χ0) is 22.3. The lowest BCUT2D eigenvalue weighted by molar-refractivity contribution is 0.163. The van der Waals surface area contributed by atoms with Crippen molar-refractivity contribution < 1.29 is 4.42 Å². The van der Waals surface area contributed by atoms with Gasteiger partial charge in [-0.1, -0.05) is 30.3 Å². The van der Waals surface area contributed by atoms with Crippen molar-refractivity contribution >= 4 is 29.9 Å². The van der Waals surface area contributed by atoms with Gasteiger partial charge < -0.3 is 14.6 Å². The van der Waals surface area contributed by atoms with Crippen LogP contribution in [-0.4, -0.2) is 60.5 Å². The number of likely N-dealkylation sites (tertiary alicyclic amines) is 2. The molecule has 2 aliphatic rings. The third kappa shape index (κ3) is 7.44. The topological polar surface area (TPSA) is 56.9 Å². The minimum absolute atomic E-state index is 0. The molecule has 2 fully saturated rings. The van der Waals surface area contributed by atoms with Crippen molar-refractivity contribution in [2.75, 3.05) is 39.8 Å². The lowest BCUT2D eigenvalue weighted by Gasteiger charge is -2.36. The first kappa shape index (κ1) is 26.0. The van der Waals surface area contributed by atoms with Gasteiger partial charge in [0.05, 0.1) is 12.2 Å². The predicted molar refractivity (Wildman–Crippen MR) is 145 cm³/mol. The molecule has 0 saturated carbocycles. The second kappa shape index (κ2) is 12.7. The summed E-state index contributed by atoms with van der Waals surface area (Å²) in [5.41, 5.74) is 2.47. The molecular weight excluding hydrogens is 525 g/mol. The summed E-state index contributed by atoms with van der Waals surface area (Å²) in [6.45, 7) is 10.3. The smallest absolute Gasteiger partial charge is 0.208 e. The number of rotatable bonds is 6. The van der Waals surface area contributed by atoms with E-state index in [9.17, 15) is 0 Å². The lowest BCUT2D eigenvalue weighted by Crippen LogP contribution is -2.47. The largest absolute Gasteiger partial charge is 0.444 e. The highest BCUT2D eigenvalue weighted by Gasteiger charge is 2.24. The molecule has 0 bridgehead atoms. The zero-order valence-corrected chi connectivity index (χ0v) is 22.8. The molecule has 0 amide bonds. The first-order chi connectivity index (χ1) is 15.6. The van der Waals surface area contributed by atoms with E-state index in [1.807, 2.05) is 20.9 Å². The Balaban J connectivity index is 0.00000306. The van der Waals surface area contributed by atoms with Gasteiger partial charge in [0.25, 0.3) is 0 Å². The summed E-state index contributed by atoms with van der Waals surface area (Å²) in [5, 5.41) is 3.68. The maximum Gasteiger partial charge on any atom is 0.208 e. The normalized spacial score (nSPS) is 18.9. The van der Waals surface area contributed by atoms with Crippen molar-refractivity contribution in [1.29, 1.82) is 0 Å². The molecule has 0 aliphatic carbocycles. The van der Waals surface area contributed by atoms with Crippen molar-refractivity contribution in [2.45, 2.75) is 52.5 Å². The van der Waals surface area contributed by atoms with Gasteiger partial charge in [-0.3, -0.25) is 9.89 Å². The molecule has 0 radical (unpaired) electrons. The fraction of sp³-hybridized carbons (Fsp3) is 0.615. The number of guanidine groups is 1. The number of aryl methyl sites for hydroxylation is 2. The van der Waals surface area contributed by atoms with E-state index in [2.05, 4.69) is 55.4 Å². The number of aliphatic imine (C=N–C) groups is 1. The van der Waals surface area contributed by atoms with Gasteiger partial charge in [-0.15, -0.1) is 24.0 Å². The van der Waals surface area contributed by atoms with Crippen LogP contribution in [0.5, 0.6) is 0 Å². The van der Waals surface area contributed by atoms with Crippen molar-refractivity contribution in [3.8, 4) is 0 Å². The van der Waals surface area contributed by atoms with Gasteiger partial charge >= 0.3 is 0 Å². The number of benzene rings is 1. The lowest BCUT2D eigenvalue weighted by atomic mass is 9.90. The van der Waals surface area contributed by atoms with Gasteiger partial charge in [-0.05, 0) is 76.4 Å². The van der Waals surface area contributed by atoms with Gasteiger partial charge in [0, 0.05) is 26.7 Å². The maximum absolute atomic E-state index is 5.76. The predicted octanol–water partition coefficient (Wildman–Crippen LogP) is 4.65. The van der Waals surface area contributed by atoms with Crippen LogP contribution >= 0.6 is 24.0 Å². The number of piperidine rings is 2. The Morgan fingerprint density at radius 1 is 1.03 bits per heavy atom. The van der Waals surface area contributed by atoms with Crippen LogP contribution in [0.3, 0.4) is 0 Å². The molecule has 2 aromatic rings. The highest BCUT2D eigenvalue weighted by atomic mass is 127. The first-order valence-electron chi connectivity index (χ1n) is 12.3. The summed E-state index contributed by atoms with van der Waals surface area (Å²) < 4.78 is 5.76. The molecule has 33 heavy (non-hydrogen) atoms. The first-order valence-corrected chi connectivity index (χ1v) is 12.3. The van der Waals surface area contributed by atoms with E-state index in [0.29, 0.717) is 5.92 Å². The Morgan fingerprint density at radius 3 is 2.30 bits per heavy atom. The van der Waals surface area contributed by atoms with E-state index < -0.39 is 0 Å². The Hall–Kier alpha value is -1.61. The fourth-order valence-corrected chi connectivity index (χ4v) is 5.01. The number of oxazole rings is 1. The maximum atomic E-state index is 5.76. The number of nitrogens with one attached hydrogen (secondary N) is 1. The van der Waals surface area contributed by atoms with Crippen molar-refractivity contribution in [3.63, 3.8) is 0 Å². The van der Waals surface area contributed by atoms with E-state index in [1.54, 1.807) is 0 Å². The SMILES string of the molecule is CN=C(NCC1CCN(Cc2nc(C)c(C)o2)CC1)N1CCC(Cc2ccccc2)CC1.I. The number of nitrogens with zero attached hydrogens (tertiary/aromatic N) is 4. The summed E-state index contributed by atoms with van der Waals surface area (Å²) in [5.74, 6) is 4.36. The van der Waals surface area contributed by atoms with Crippen LogP contribution in [0.25, 0.3) is 0 Å². The van der Waals surface area contributed by atoms with Gasteiger partial charge in [0.1, 0.15) is 5.76 Å². The van der Waals surface area contributed by atoms with E-state index >= 15 is 0 Å². The van der Waals surface area contributed by atoms with E-state index in [0.717, 1.165) is 68.5 Å². The van der Waals surface area contributed by atoms with Crippen molar-refractivity contribution in [3.05, 3.63) is 53.2 Å². The molecule has 7 heteroatoms. The van der Waals surface area contributed by atoms with Crippen molar-refractivity contribution in [2.24, 2.45) is 16.8 Å². The third-order valence-corrected chi connectivity index (χ3v) is 7.18. The van der Waals surface area contributed by atoms with Crippen molar-refractivity contribution in [1.82, 2.24) is 20.1 Å². The number of hydrogen-bond donors (Lipinski definition) is 1. The number of aromatic nitrogens is 1. The molecule has 6 nitrogen and oxygen atoms in total. The molecule has 0 spiro atoms. The van der Waals surface area contributed by atoms with Gasteiger partial charge in [-0.25, -0.2) is 4.98 Å². The summed E-state index contributed by atoms with van der Waals surface area (Å²) >= 11 is 0. The Kier molecular flexibility index (Phi) is 10.0. The molecule has 1 N–H and O–H groups in total. The Morgan fingerprint density at radius 2 is 1.70 bits per heavy atom. The minimum atomic E-state index is 0. The molecular formula is C26H40IN5O. The molecule has 0 atom stereocenters. The average Bonchev–Trinajstić information content (AvgIpc) is 3.13. The van der Waals surface area contributed by atoms with Crippen LogP contribution in [0.2, 0.25) is 0 Å². The molecule has 3 heterocycles. The molecule has 1 aromatic heterocycles. The van der Waals surface area contributed by atoms with Crippen LogP contribution in [-0.2, 0) is 13.0 Å². The van der Waals surface area contributed by atoms with Crippen LogP contribution in [0.4, 0.5) is 0 Å². The Labute approximate surface area is 216 Å². The van der Waals surface area contributed by atoms with Gasteiger partial charge in [0.2, 0.25) is 5.89 Å². The standard InChI is InChI=1S/C26H39N5O.HI/c1-20-21(2)32-25(29-20)19-30-13-9-24(10-14-30)18-28-26(27-3)31-15-11-23(12-16-31)17-22-7-5-4-6-8-22;/h4-8,23-24H,9-19H2,1-3H3,(H,27,28);1H. The number of halogens is 1. The highest BCUT2D eigenvalue weighted by Crippen LogP contribution is 2.22. The van der Waals surface area contributed by atoms with E-state index in [1.165, 1.54) is 37.7 Å². The monoisotopic (exact) mass is 565 g/mol. The highest BCUT2D eigenvalue weighted by molar-refractivity contribution is 14.0. The average molecular weight is 566 g/mol. The molecule has 2 aliphatic heterocycles. The third-order valence-electron chi connectivity index (χ3n) is 7.18. The molecule has 0 unspecified atom stereocenters. The van der Waals surface area contributed by atoms with Gasteiger partial charge in [0.15, 0.2) is 5.96 Å². The van der Waals surface area contributed by atoms with E-state index in [4.69, 9.17) is 4.42 Å². The fourth-order valence-electron chi connectivity index (χ4n) is 5.01. The summed E-state index contributed by atoms with van der Waals surface area (Å²) in [6.07, 6.45) is 6.11. The van der Waals surface area contributed by atoms with Crippen LogP contribution < -0.4 is 5.32 Å². The second-order valence-corrected chi connectivity index (χ2v) is 9.52. The zero-order valence-electron chi connectivity index (χ0n) is 20.4. The van der Waals surface area contributed by atoms with E-state index in [-0.39, 0.29) is 24.0 Å².